The third kappa shape index (κ3) is 1.60. The van der Waals surface area contributed by atoms with Gasteiger partial charge in [-0.3, -0.25) is 0 Å². The van der Waals surface area contributed by atoms with Crippen LogP contribution in [0.5, 0.6) is 0 Å². The highest BCUT2D eigenvalue weighted by Gasteiger charge is 2.17. The summed E-state index contributed by atoms with van der Waals surface area (Å²) in [5.41, 5.74) is 12.7. The van der Waals surface area contributed by atoms with Crippen LogP contribution < -0.4 is 5.73 Å². The summed E-state index contributed by atoms with van der Waals surface area (Å²) in [4.78, 5) is 0. The van der Waals surface area contributed by atoms with Crippen LogP contribution in [-0.2, 0) is 19.4 Å². The van der Waals surface area contributed by atoms with Gasteiger partial charge < -0.3 is 5.73 Å². The molecule has 0 aliphatic heterocycles. The molecule has 0 fully saturated rings. The predicted octanol–water partition coefficient (Wildman–Crippen LogP) is 4.06. The number of aryl methyl sites for hydroxylation is 2. The summed E-state index contributed by atoms with van der Waals surface area (Å²) in [5, 5.41) is 2.84. The van der Waals surface area contributed by atoms with E-state index in [4.69, 9.17) is 5.73 Å². The molecule has 0 spiro atoms. The smallest absolute Gasteiger partial charge is 0.0184 e. The summed E-state index contributed by atoms with van der Waals surface area (Å²) in [6, 6.07) is 19.7. The molecule has 20 heavy (non-hydrogen) atoms. The van der Waals surface area contributed by atoms with Crippen molar-refractivity contribution >= 4 is 10.8 Å². The first kappa shape index (κ1) is 11.7. The third-order valence-electron chi connectivity index (χ3n) is 4.40. The maximum Gasteiger partial charge on any atom is 0.0184 e. The lowest BCUT2D eigenvalue weighted by molar-refractivity contribution is 1.02. The van der Waals surface area contributed by atoms with Crippen LogP contribution in [0.4, 0.5) is 0 Å². The average molecular weight is 259 g/mol. The van der Waals surface area contributed by atoms with E-state index in [1.165, 1.54) is 51.4 Å². The maximum absolute atomic E-state index is 5.90. The van der Waals surface area contributed by atoms with Gasteiger partial charge in [0.15, 0.2) is 0 Å². The van der Waals surface area contributed by atoms with Crippen molar-refractivity contribution in [3.05, 3.63) is 71.3 Å². The van der Waals surface area contributed by atoms with Crippen molar-refractivity contribution in [1.29, 1.82) is 0 Å². The number of hydrogen-bond acceptors (Lipinski definition) is 1. The lowest BCUT2D eigenvalue weighted by Gasteiger charge is -2.12. The van der Waals surface area contributed by atoms with Crippen LogP contribution in [-0.4, -0.2) is 0 Å². The molecule has 0 saturated heterocycles. The van der Waals surface area contributed by atoms with Crippen LogP contribution in [0.15, 0.2) is 54.6 Å². The van der Waals surface area contributed by atoms with E-state index >= 15 is 0 Å². The summed E-state index contributed by atoms with van der Waals surface area (Å²) in [7, 11) is 0. The molecule has 98 valence electrons. The van der Waals surface area contributed by atoms with E-state index in [0.29, 0.717) is 6.54 Å². The molecule has 1 aliphatic rings. The third-order valence-corrected chi connectivity index (χ3v) is 4.40. The van der Waals surface area contributed by atoms with Gasteiger partial charge in [0, 0.05) is 6.54 Å². The van der Waals surface area contributed by atoms with Gasteiger partial charge in [0.05, 0.1) is 0 Å². The molecule has 4 rings (SSSR count). The monoisotopic (exact) mass is 259 g/mol. The molecule has 0 amide bonds. The van der Waals surface area contributed by atoms with Crippen LogP contribution in [0.25, 0.3) is 21.9 Å². The van der Waals surface area contributed by atoms with Crippen LogP contribution in [0.3, 0.4) is 0 Å². The highest BCUT2D eigenvalue weighted by Crippen LogP contribution is 2.37. The second kappa shape index (κ2) is 4.46. The van der Waals surface area contributed by atoms with E-state index in [-0.39, 0.29) is 0 Å². The quantitative estimate of drug-likeness (QED) is 0.737. The van der Waals surface area contributed by atoms with Crippen molar-refractivity contribution in [3.63, 3.8) is 0 Å². The molecule has 3 aromatic rings. The van der Waals surface area contributed by atoms with Crippen LogP contribution in [0.2, 0.25) is 0 Å². The van der Waals surface area contributed by atoms with Crippen LogP contribution in [0.1, 0.15) is 16.7 Å². The van der Waals surface area contributed by atoms with Crippen molar-refractivity contribution < 1.29 is 0 Å². The van der Waals surface area contributed by atoms with Gasteiger partial charge in [-0.05, 0) is 51.4 Å². The van der Waals surface area contributed by atoms with Gasteiger partial charge in [0.2, 0.25) is 0 Å². The Morgan fingerprint density at radius 2 is 1.55 bits per heavy atom. The Morgan fingerprint density at radius 3 is 2.40 bits per heavy atom. The van der Waals surface area contributed by atoms with Crippen LogP contribution in [0, 0.1) is 0 Å². The Morgan fingerprint density at radius 1 is 0.750 bits per heavy atom. The molecule has 2 N–H and O–H groups in total. The topological polar surface area (TPSA) is 26.0 Å². The Bertz CT molecular complexity index is 792. The molecule has 0 unspecified atom stereocenters. The lowest BCUT2D eigenvalue weighted by Crippen LogP contribution is -1.99. The van der Waals surface area contributed by atoms with E-state index in [1.807, 2.05) is 0 Å². The number of benzene rings is 3. The normalized spacial score (nSPS) is 13.1. The van der Waals surface area contributed by atoms with E-state index in [1.54, 1.807) is 0 Å². The molecule has 1 nitrogen and oxygen atoms in total. The minimum absolute atomic E-state index is 0.582. The van der Waals surface area contributed by atoms with Gasteiger partial charge in [0.25, 0.3) is 0 Å². The van der Waals surface area contributed by atoms with Gasteiger partial charge in [-0.1, -0.05) is 54.6 Å². The Kier molecular flexibility index (Phi) is 2.61. The highest BCUT2D eigenvalue weighted by molar-refractivity contribution is 6.01. The Hall–Kier alpha value is -2.12. The molecule has 1 heteroatoms. The average Bonchev–Trinajstić information content (AvgIpc) is 2.93. The lowest BCUT2D eigenvalue weighted by atomic mass is 9.92. The summed E-state index contributed by atoms with van der Waals surface area (Å²) in [5.74, 6) is 0. The molecule has 1 aliphatic carbocycles. The molecule has 3 aromatic carbocycles. The van der Waals surface area contributed by atoms with Gasteiger partial charge in [0.1, 0.15) is 0 Å². The van der Waals surface area contributed by atoms with E-state index in [0.717, 1.165) is 0 Å². The maximum atomic E-state index is 5.90. The zero-order valence-corrected chi connectivity index (χ0v) is 11.4. The molecule has 0 saturated carbocycles. The first-order valence-electron chi connectivity index (χ1n) is 7.20. The summed E-state index contributed by atoms with van der Waals surface area (Å²) in [6.07, 6.45) is 2.35. The molecular formula is C19H17N. The van der Waals surface area contributed by atoms with Gasteiger partial charge >= 0.3 is 0 Å². The number of hydrogen-bond donors (Lipinski definition) is 1. The van der Waals surface area contributed by atoms with Gasteiger partial charge in [-0.2, -0.15) is 0 Å². The SMILES string of the molecule is NCc1ccccc1-c1ccc2c3c(cccc13)CC2. The summed E-state index contributed by atoms with van der Waals surface area (Å²) < 4.78 is 0. The molecule has 0 bridgehead atoms. The molecule has 0 radical (unpaired) electrons. The number of rotatable bonds is 2. The fourth-order valence-electron chi connectivity index (χ4n) is 3.44. The zero-order valence-electron chi connectivity index (χ0n) is 11.4. The highest BCUT2D eigenvalue weighted by atomic mass is 14.5. The summed E-state index contributed by atoms with van der Waals surface area (Å²) >= 11 is 0. The first-order chi connectivity index (χ1) is 9.88. The fraction of sp³-hybridized carbons (Fsp3) is 0.158. The van der Waals surface area contributed by atoms with Crippen molar-refractivity contribution in [2.75, 3.05) is 0 Å². The van der Waals surface area contributed by atoms with Crippen molar-refractivity contribution in [1.82, 2.24) is 0 Å². The van der Waals surface area contributed by atoms with E-state index < -0.39 is 0 Å². The van der Waals surface area contributed by atoms with Crippen molar-refractivity contribution in [2.45, 2.75) is 19.4 Å². The van der Waals surface area contributed by atoms with E-state index in [2.05, 4.69) is 54.6 Å². The standard InChI is InChI=1S/C19H17N/c20-12-15-4-1-2-6-16(15)17-11-10-14-9-8-13-5-3-7-18(17)19(13)14/h1-7,10-11H,8-9,12,20H2. The second-order valence-corrected chi connectivity index (χ2v) is 5.47. The number of nitrogens with two attached hydrogens (primary N) is 1. The largest absolute Gasteiger partial charge is 0.326 e. The van der Waals surface area contributed by atoms with Gasteiger partial charge in [-0.25, -0.2) is 0 Å². The molecular weight excluding hydrogens is 242 g/mol. The van der Waals surface area contributed by atoms with Gasteiger partial charge in [-0.15, -0.1) is 0 Å². The van der Waals surface area contributed by atoms with Crippen LogP contribution >= 0.6 is 0 Å². The minimum atomic E-state index is 0.582. The Balaban J connectivity index is 2.07. The van der Waals surface area contributed by atoms with E-state index in [9.17, 15) is 0 Å². The summed E-state index contributed by atoms with van der Waals surface area (Å²) in [6.45, 7) is 0.582. The Labute approximate surface area is 119 Å². The van der Waals surface area contributed by atoms with Crippen molar-refractivity contribution in [3.8, 4) is 11.1 Å². The predicted molar refractivity (Wildman–Crippen MR) is 84.7 cm³/mol. The first-order valence-corrected chi connectivity index (χ1v) is 7.20. The second-order valence-electron chi connectivity index (χ2n) is 5.47. The zero-order chi connectivity index (χ0) is 13.5. The molecule has 0 heterocycles. The fourth-order valence-corrected chi connectivity index (χ4v) is 3.44. The minimum Gasteiger partial charge on any atom is -0.326 e. The van der Waals surface area contributed by atoms with Crippen molar-refractivity contribution in [2.24, 2.45) is 5.73 Å². The molecule has 0 aromatic heterocycles. The molecule has 0 atom stereocenters.